The number of methoxy groups -OCH3 is 2. The second-order valence-electron chi connectivity index (χ2n) is 4.14. The first-order valence-corrected chi connectivity index (χ1v) is 7.82. The van der Waals surface area contributed by atoms with Gasteiger partial charge in [0, 0.05) is 0 Å². The maximum atomic E-state index is 12.7. The summed E-state index contributed by atoms with van der Waals surface area (Å²) in [5.41, 5.74) is 1.58. The minimum atomic E-state index is -0.0282. The summed E-state index contributed by atoms with van der Waals surface area (Å²) in [6, 6.07) is 5.45. The zero-order valence-electron chi connectivity index (χ0n) is 11.5. The Labute approximate surface area is 130 Å². The molecular formula is C15H15BrO3S. The first-order valence-electron chi connectivity index (χ1n) is 6.15. The number of thiophene rings is 1. The van der Waals surface area contributed by atoms with Gasteiger partial charge >= 0.3 is 0 Å². The van der Waals surface area contributed by atoms with E-state index in [-0.39, 0.29) is 5.78 Å². The number of carbonyl (C=O) groups is 1. The second-order valence-corrected chi connectivity index (χ2v) is 5.92. The molecule has 0 bridgehead atoms. The maximum Gasteiger partial charge on any atom is 0.207 e. The molecule has 0 aliphatic heterocycles. The molecule has 0 aliphatic rings. The highest BCUT2D eigenvalue weighted by molar-refractivity contribution is 9.10. The number of aryl methyl sites for hydroxylation is 1. The lowest BCUT2D eigenvalue weighted by molar-refractivity contribution is 0.103. The van der Waals surface area contributed by atoms with E-state index >= 15 is 0 Å². The molecule has 0 saturated heterocycles. The van der Waals surface area contributed by atoms with E-state index in [9.17, 15) is 4.79 Å². The number of ether oxygens (including phenoxy) is 2. The SMILES string of the molecule is CCc1ccsc1C(=O)c1cc(OC)c(Br)cc1OC. The van der Waals surface area contributed by atoms with Crippen molar-refractivity contribution in [3.8, 4) is 11.5 Å². The Hall–Kier alpha value is -1.33. The van der Waals surface area contributed by atoms with Crippen molar-refractivity contribution in [3.63, 3.8) is 0 Å². The molecule has 1 aromatic carbocycles. The minimum Gasteiger partial charge on any atom is -0.496 e. The smallest absolute Gasteiger partial charge is 0.207 e. The third kappa shape index (κ3) is 2.74. The molecule has 2 aromatic rings. The first kappa shape index (κ1) is 15.1. The van der Waals surface area contributed by atoms with Crippen molar-refractivity contribution >= 4 is 33.0 Å². The molecule has 5 heteroatoms. The van der Waals surface area contributed by atoms with Crippen LogP contribution in [0.3, 0.4) is 0 Å². The molecule has 0 atom stereocenters. The van der Waals surface area contributed by atoms with E-state index in [4.69, 9.17) is 9.47 Å². The Balaban J connectivity index is 2.53. The van der Waals surface area contributed by atoms with Gasteiger partial charge in [-0.15, -0.1) is 11.3 Å². The van der Waals surface area contributed by atoms with Gasteiger partial charge in [0.25, 0.3) is 0 Å². The normalized spacial score (nSPS) is 10.4. The zero-order chi connectivity index (χ0) is 14.7. The Kier molecular flexibility index (Phi) is 4.83. The largest absolute Gasteiger partial charge is 0.496 e. The Morgan fingerprint density at radius 3 is 2.55 bits per heavy atom. The van der Waals surface area contributed by atoms with E-state index in [0.29, 0.717) is 17.1 Å². The fraction of sp³-hybridized carbons (Fsp3) is 0.267. The van der Waals surface area contributed by atoms with Crippen LogP contribution in [0, 0.1) is 0 Å². The van der Waals surface area contributed by atoms with Crippen LogP contribution in [0.15, 0.2) is 28.1 Å². The highest BCUT2D eigenvalue weighted by Crippen LogP contribution is 2.35. The first-order chi connectivity index (χ1) is 9.62. The van der Waals surface area contributed by atoms with Crippen molar-refractivity contribution in [2.45, 2.75) is 13.3 Å². The topological polar surface area (TPSA) is 35.5 Å². The number of ketones is 1. The van der Waals surface area contributed by atoms with E-state index in [1.54, 1.807) is 26.4 Å². The van der Waals surface area contributed by atoms with Crippen LogP contribution in [0.5, 0.6) is 11.5 Å². The molecule has 1 heterocycles. The highest BCUT2D eigenvalue weighted by atomic mass is 79.9. The van der Waals surface area contributed by atoms with E-state index in [0.717, 1.165) is 21.3 Å². The molecule has 0 saturated carbocycles. The van der Waals surface area contributed by atoms with Crippen LogP contribution < -0.4 is 9.47 Å². The summed E-state index contributed by atoms with van der Waals surface area (Å²) < 4.78 is 11.3. The summed E-state index contributed by atoms with van der Waals surface area (Å²) in [6.07, 6.45) is 0.834. The standard InChI is InChI=1S/C15H15BrO3S/c1-4-9-5-6-20-15(9)14(17)10-7-13(19-3)11(16)8-12(10)18-2/h5-8H,4H2,1-3H3. The van der Waals surface area contributed by atoms with Crippen molar-refractivity contribution in [1.29, 1.82) is 0 Å². The second kappa shape index (κ2) is 6.41. The molecule has 0 amide bonds. The Morgan fingerprint density at radius 1 is 1.25 bits per heavy atom. The summed E-state index contributed by atoms with van der Waals surface area (Å²) in [6.45, 7) is 2.04. The quantitative estimate of drug-likeness (QED) is 0.750. The van der Waals surface area contributed by atoms with Gasteiger partial charge in [-0.3, -0.25) is 4.79 Å². The van der Waals surface area contributed by atoms with Crippen LogP contribution in [-0.2, 0) is 6.42 Å². The molecule has 0 aliphatic carbocycles. The number of hydrogen-bond donors (Lipinski definition) is 0. The lowest BCUT2D eigenvalue weighted by Crippen LogP contribution is -2.05. The van der Waals surface area contributed by atoms with Gasteiger partial charge < -0.3 is 9.47 Å². The van der Waals surface area contributed by atoms with Crippen LogP contribution in [0.25, 0.3) is 0 Å². The molecular weight excluding hydrogens is 340 g/mol. The van der Waals surface area contributed by atoms with Crippen LogP contribution in [0.4, 0.5) is 0 Å². The van der Waals surface area contributed by atoms with E-state index < -0.39 is 0 Å². The number of benzene rings is 1. The number of rotatable bonds is 5. The summed E-state index contributed by atoms with van der Waals surface area (Å²) >= 11 is 4.85. The van der Waals surface area contributed by atoms with Gasteiger partial charge in [-0.25, -0.2) is 0 Å². The van der Waals surface area contributed by atoms with Gasteiger partial charge in [-0.05, 0) is 51.5 Å². The predicted octanol–water partition coefficient (Wildman–Crippen LogP) is 4.32. The summed E-state index contributed by atoms with van der Waals surface area (Å²) in [7, 11) is 3.13. The maximum absolute atomic E-state index is 12.7. The van der Waals surface area contributed by atoms with Crippen molar-refractivity contribution in [2.75, 3.05) is 14.2 Å². The van der Waals surface area contributed by atoms with Gasteiger partial charge in [0.15, 0.2) is 0 Å². The molecule has 3 nitrogen and oxygen atoms in total. The molecule has 0 fully saturated rings. The lowest BCUT2D eigenvalue weighted by Gasteiger charge is -2.11. The lowest BCUT2D eigenvalue weighted by atomic mass is 10.0. The van der Waals surface area contributed by atoms with Crippen LogP contribution >= 0.6 is 27.3 Å². The summed E-state index contributed by atoms with van der Waals surface area (Å²) in [4.78, 5) is 13.5. The number of carbonyl (C=O) groups excluding carboxylic acids is 1. The molecule has 1 aromatic heterocycles. The minimum absolute atomic E-state index is 0.0282. The summed E-state index contributed by atoms with van der Waals surface area (Å²) in [5, 5.41) is 1.94. The van der Waals surface area contributed by atoms with Crippen molar-refractivity contribution in [1.82, 2.24) is 0 Å². The van der Waals surface area contributed by atoms with Crippen LogP contribution in [-0.4, -0.2) is 20.0 Å². The molecule has 20 heavy (non-hydrogen) atoms. The number of halogens is 1. The molecule has 0 unspecified atom stereocenters. The molecule has 0 N–H and O–H groups in total. The molecule has 0 radical (unpaired) electrons. The van der Waals surface area contributed by atoms with E-state index in [1.165, 1.54) is 11.3 Å². The predicted molar refractivity (Wildman–Crippen MR) is 84.4 cm³/mol. The number of hydrogen-bond acceptors (Lipinski definition) is 4. The molecule has 0 spiro atoms. The fourth-order valence-corrected chi connectivity index (χ4v) is 3.41. The Bertz CT molecular complexity index is 634. The monoisotopic (exact) mass is 354 g/mol. The van der Waals surface area contributed by atoms with Gasteiger partial charge in [0.05, 0.1) is 29.1 Å². The van der Waals surface area contributed by atoms with Gasteiger partial charge in [0.2, 0.25) is 5.78 Å². The van der Waals surface area contributed by atoms with Gasteiger partial charge in [0.1, 0.15) is 11.5 Å². The van der Waals surface area contributed by atoms with E-state index in [1.807, 2.05) is 18.4 Å². The van der Waals surface area contributed by atoms with Crippen LogP contribution in [0.1, 0.15) is 27.7 Å². The molecule has 2 rings (SSSR count). The average molecular weight is 355 g/mol. The van der Waals surface area contributed by atoms with Gasteiger partial charge in [-0.2, -0.15) is 0 Å². The molecule has 106 valence electrons. The van der Waals surface area contributed by atoms with E-state index in [2.05, 4.69) is 15.9 Å². The average Bonchev–Trinajstić information content (AvgIpc) is 2.94. The fourth-order valence-electron chi connectivity index (χ4n) is 1.97. The van der Waals surface area contributed by atoms with Crippen molar-refractivity contribution in [2.24, 2.45) is 0 Å². The summed E-state index contributed by atoms with van der Waals surface area (Å²) in [5.74, 6) is 1.13. The third-order valence-electron chi connectivity index (χ3n) is 3.05. The third-order valence-corrected chi connectivity index (χ3v) is 4.63. The zero-order valence-corrected chi connectivity index (χ0v) is 13.9. The van der Waals surface area contributed by atoms with Crippen molar-refractivity contribution < 1.29 is 14.3 Å². The van der Waals surface area contributed by atoms with Crippen LogP contribution in [0.2, 0.25) is 0 Å². The highest BCUT2D eigenvalue weighted by Gasteiger charge is 2.20. The van der Waals surface area contributed by atoms with Gasteiger partial charge in [-0.1, -0.05) is 6.92 Å². The Morgan fingerprint density at radius 2 is 1.95 bits per heavy atom. The van der Waals surface area contributed by atoms with Crippen molar-refractivity contribution in [3.05, 3.63) is 44.1 Å².